The van der Waals surface area contributed by atoms with Crippen molar-refractivity contribution in [3.05, 3.63) is 22.3 Å². The zero-order chi connectivity index (χ0) is 9.14. The van der Waals surface area contributed by atoms with Gasteiger partial charge in [0.25, 0.3) is 0 Å². The summed E-state index contributed by atoms with van der Waals surface area (Å²) in [6.07, 6.45) is 0. The Balaban J connectivity index is 2.89. The van der Waals surface area contributed by atoms with Crippen LogP contribution in [-0.2, 0) is 4.79 Å². The molecule has 0 atom stereocenters. The van der Waals surface area contributed by atoms with Gasteiger partial charge in [0.05, 0.1) is 0 Å². The fourth-order valence-corrected chi connectivity index (χ4v) is 1.08. The Bertz CT molecular complexity index is 312. The van der Waals surface area contributed by atoms with Crippen molar-refractivity contribution in [3.63, 3.8) is 0 Å². The molecule has 1 heterocycles. The maximum atomic E-state index is 10.6. The summed E-state index contributed by atoms with van der Waals surface area (Å²) in [7, 11) is 0. The minimum Gasteiger partial charge on any atom is -0.311 e. The third-order valence-electron chi connectivity index (χ3n) is 1.34. The first-order valence-corrected chi connectivity index (χ1v) is 4.29. The first-order chi connectivity index (χ1) is 5.59. The zero-order valence-corrected chi connectivity index (χ0v) is 8.47. The van der Waals surface area contributed by atoms with Crippen LogP contribution >= 0.6 is 15.9 Å². The maximum Gasteiger partial charge on any atom is 0.222 e. The number of aromatic nitrogens is 1. The third kappa shape index (κ3) is 2.30. The summed E-state index contributed by atoms with van der Waals surface area (Å²) in [6, 6.07) is 3.66. The standard InChI is InChI=1S/C8H9BrN2O/c1-5-3-4-7(10-6(2)12)11-8(5)9/h3-4H,1-2H3,(H,10,11,12). The predicted octanol–water partition coefficient (Wildman–Crippen LogP) is 2.11. The lowest BCUT2D eigenvalue weighted by molar-refractivity contribution is -0.114. The number of carbonyl (C=O) groups excluding carboxylic acids is 1. The summed E-state index contributed by atoms with van der Waals surface area (Å²) >= 11 is 3.27. The van der Waals surface area contributed by atoms with Crippen molar-refractivity contribution in [3.8, 4) is 0 Å². The highest BCUT2D eigenvalue weighted by Crippen LogP contribution is 2.15. The molecule has 0 aromatic carbocycles. The number of amides is 1. The number of hydrogen-bond acceptors (Lipinski definition) is 2. The van der Waals surface area contributed by atoms with Gasteiger partial charge in [-0.2, -0.15) is 0 Å². The Morgan fingerprint density at radius 1 is 1.58 bits per heavy atom. The molecule has 3 nitrogen and oxygen atoms in total. The number of halogens is 1. The first-order valence-electron chi connectivity index (χ1n) is 3.50. The number of anilines is 1. The van der Waals surface area contributed by atoms with Gasteiger partial charge >= 0.3 is 0 Å². The van der Waals surface area contributed by atoms with E-state index in [0.29, 0.717) is 5.82 Å². The lowest BCUT2D eigenvalue weighted by atomic mass is 10.3. The number of carbonyl (C=O) groups is 1. The Labute approximate surface area is 79.3 Å². The highest BCUT2D eigenvalue weighted by Gasteiger charge is 1.99. The molecule has 1 aromatic rings. The molecule has 0 aliphatic carbocycles. The normalized spacial score (nSPS) is 9.58. The van der Waals surface area contributed by atoms with Gasteiger partial charge in [-0.3, -0.25) is 4.79 Å². The monoisotopic (exact) mass is 228 g/mol. The van der Waals surface area contributed by atoms with Crippen molar-refractivity contribution in [2.75, 3.05) is 5.32 Å². The average molecular weight is 229 g/mol. The summed E-state index contributed by atoms with van der Waals surface area (Å²) < 4.78 is 0.758. The number of nitrogens with zero attached hydrogens (tertiary/aromatic N) is 1. The molecule has 0 aliphatic rings. The van der Waals surface area contributed by atoms with Crippen LogP contribution < -0.4 is 5.32 Å². The Morgan fingerprint density at radius 2 is 2.25 bits per heavy atom. The molecule has 1 amide bonds. The van der Waals surface area contributed by atoms with E-state index in [1.165, 1.54) is 6.92 Å². The molecule has 64 valence electrons. The van der Waals surface area contributed by atoms with Crippen LogP contribution in [0.2, 0.25) is 0 Å². The van der Waals surface area contributed by atoms with Gasteiger partial charge < -0.3 is 5.32 Å². The van der Waals surface area contributed by atoms with E-state index < -0.39 is 0 Å². The second-order valence-corrected chi connectivity index (χ2v) is 3.24. The van der Waals surface area contributed by atoms with Crippen LogP contribution in [0.4, 0.5) is 5.82 Å². The van der Waals surface area contributed by atoms with Crippen LogP contribution in [-0.4, -0.2) is 10.9 Å². The number of rotatable bonds is 1. The van der Waals surface area contributed by atoms with E-state index in [-0.39, 0.29) is 5.91 Å². The van der Waals surface area contributed by atoms with Crippen molar-refractivity contribution in [1.82, 2.24) is 4.98 Å². The highest BCUT2D eigenvalue weighted by atomic mass is 79.9. The van der Waals surface area contributed by atoms with Crippen LogP contribution in [0.15, 0.2) is 16.7 Å². The van der Waals surface area contributed by atoms with Crippen LogP contribution in [0.1, 0.15) is 12.5 Å². The van der Waals surface area contributed by atoms with E-state index in [0.717, 1.165) is 10.2 Å². The largest absolute Gasteiger partial charge is 0.311 e. The first kappa shape index (κ1) is 9.19. The van der Waals surface area contributed by atoms with E-state index in [1.54, 1.807) is 6.07 Å². The van der Waals surface area contributed by atoms with Crippen molar-refractivity contribution in [2.24, 2.45) is 0 Å². The van der Waals surface area contributed by atoms with Crippen LogP contribution in [0, 0.1) is 6.92 Å². The smallest absolute Gasteiger partial charge is 0.222 e. The molecule has 1 N–H and O–H groups in total. The summed E-state index contributed by atoms with van der Waals surface area (Å²) in [4.78, 5) is 14.7. The summed E-state index contributed by atoms with van der Waals surface area (Å²) in [5.41, 5.74) is 1.05. The van der Waals surface area contributed by atoms with Crippen molar-refractivity contribution in [2.45, 2.75) is 13.8 Å². The van der Waals surface area contributed by atoms with Crippen LogP contribution in [0.3, 0.4) is 0 Å². The molecule has 0 spiro atoms. The minimum atomic E-state index is -0.113. The minimum absolute atomic E-state index is 0.113. The van der Waals surface area contributed by atoms with Gasteiger partial charge in [-0.1, -0.05) is 6.07 Å². The number of hydrogen-bond donors (Lipinski definition) is 1. The second kappa shape index (κ2) is 3.67. The van der Waals surface area contributed by atoms with Crippen molar-refractivity contribution >= 4 is 27.7 Å². The van der Waals surface area contributed by atoms with Gasteiger partial charge in [-0.25, -0.2) is 4.98 Å². The number of pyridine rings is 1. The number of nitrogens with one attached hydrogen (secondary N) is 1. The van der Waals surface area contributed by atoms with E-state index >= 15 is 0 Å². The zero-order valence-electron chi connectivity index (χ0n) is 6.89. The predicted molar refractivity (Wildman–Crippen MR) is 51.0 cm³/mol. The molecular weight excluding hydrogens is 220 g/mol. The van der Waals surface area contributed by atoms with Crippen molar-refractivity contribution < 1.29 is 4.79 Å². The van der Waals surface area contributed by atoms with Crippen molar-refractivity contribution in [1.29, 1.82) is 0 Å². The second-order valence-electron chi connectivity index (χ2n) is 2.49. The van der Waals surface area contributed by atoms with E-state index in [1.807, 2.05) is 13.0 Å². The SMILES string of the molecule is CC(=O)Nc1ccc(C)c(Br)n1. The Morgan fingerprint density at radius 3 is 2.75 bits per heavy atom. The number of aryl methyl sites for hydroxylation is 1. The van der Waals surface area contributed by atoms with E-state index in [4.69, 9.17) is 0 Å². The molecule has 1 aromatic heterocycles. The molecule has 0 saturated heterocycles. The molecule has 0 radical (unpaired) electrons. The van der Waals surface area contributed by atoms with Gasteiger partial charge in [0.1, 0.15) is 10.4 Å². The molecule has 0 bridgehead atoms. The van der Waals surface area contributed by atoms with E-state index in [9.17, 15) is 4.79 Å². The van der Waals surface area contributed by atoms with Crippen LogP contribution in [0.5, 0.6) is 0 Å². The van der Waals surface area contributed by atoms with Gasteiger partial charge in [0.2, 0.25) is 5.91 Å². The molecule has 12 heavy (non-hydrogen) atoms. The third-order valence-corrected chi connectivity index (χ3v) is 2.14. The van der Waals surface area contributed by atoms with Gasteiger partial charge in [0.15, 0.2) is 0 Å². The fraction of sp³-hybridized carbons (Fsp3) is 0.250. The lowest BCUT2D eigenvalue weighted by Gasteiger charge is -2.02. The molecule has 0 fully saturated rings. The van der Waals surface area contributed by atoms with Gasteiger partial charge in [-0.15, -0.1) is 0 Å². The molecule has 0 aliphatic heterocycles. The average Bonchev–Trinajstić information content (AvgIpc) is 1.96. The summed E-state index contributed by atoms with van der Waals surface area (Å²) in [5, 5.41) is 2.59. The summed E-state index contributed by atoms with van der Waals surface area (Å²) in [5.74, 6) is 0.457. The highest BCUT2D eigenvalue weighted by molar-refractivity contribution is 9.10. The lowest BCUT2D eigenvalue weighted by Crippen LogP contribution is -2.07. The summed E-state index contributed by atoms with van der Waals surface area (Å²) in [6.45, 7) is 3.39. The molecule has 0 unspecified atom stereocenters. The maximum absolute atomic E-state index is 10.6. The quantitative estimate of drug-likeness (QED) is 0.749. The van der Waals surface area contributed by atoms with Gasteiger partial charge in [-0.05, 0) is 34.5 Å². The Hall–Kier alpha value is -0.900. The molecular formula is C8H9BrN2O. The fourth-order valence-electron chi connectivity index (χ4n) is 0.754. The van der Waals surface area contributed by atoms with E-state index in [2.05, 4.69) is 26.2 Å². The van der Waals surface area contributed by atoms with Gasteiger partial charge in [0, 0.05) is 6.92 Å². The topological polar surface area (TPSA) is 42.0 Å². The van der Waals surface area contributed by atoms with Crippen LogP contribution in [0.25, 0.3) is 0 Å². The molecule has 4 heteroatoms. The Kier molecular flexibility index (Phi) is 2.81. The molecule has 0 saturated carbocycles. The molecule has 1 rings (SSSR count).